The van der Waals surface area contributed by atoms with E-state index in [1.807, 2.05) is 36.1 Å². The van der Waals surface area contributed by atoms with E-state index in [1.54, 1.807) is 11.3 Å². The molecule has 8 heteroatoms. The Bertz CT molecular complexity index is 1040. The van der Waals surface area contributed by atoms with Gasteiger partial charge in [-0.1, -0.05) is 28.1 Å². The van der Waals surface area contributed by atoms with Crippen molar-refractivity contribution in [1.29, 1.82) is 0 Å². The molecule has 1 N–H and O–H groups in total. The number of aryl methyl sites for hydroxylation is 1. The van der Waals surface area contributed by atoms with Gasteiger partial charge in [-0.3, -0.25) is 9.59 Å². The molecule has 3 aromatic rings. The van der Waals surface area contributed by atoms with Gasteiger partial charge >= 0.3 is 0 Å². The van der Waals surface area contributed by atoms with Gasteiger partial charge < -0.3 is 10.2 Å². The van der Waals surface area contributed by atoms with Gasteiger partial charge in [0.15, 0.2) is 5.13 Å². The molecular weight excluding hydrogens is 470 g/mol. The highest BCUT2D eigenvalue weighted by Crippen LogP contribution is 2.31. The lowest BCUT2D eigenvalue weighted by Gasteiger charge is -2.27. The average Bonchev–Trinajstić information content (AvgIpc) is 3.32. The number of rotatable bonds is 5. The van der Waals surface area contributed by atoms with Crippen LogP contribution >= 0.6 is 38.6 Å². The van der Waals surface area contributed by atoms with Gasteiger partial charge in [0.1, 0.15) is 0 Å². The van der Waals surface area contributed by atoms with Crippen molar-refractivity contribution >= 4 is 55.5 Å². The van der Waals surface area contributed by atoms with Gasteiger partial charge in [0.05, 0.1) is 5.69 Å². The predicted molar refractivity (Wildman–Crippen MR) is 121 cm³/mol. The van der Waals surface area contributed by atoms with Crippen LogP contribution in [0.3, 0.4) is 0 Å². The fourth-order valence-electron chi connectivity index (χ4n) is 3.35. The van der Waals surface area contributed by atoms with E-state index in [9.17, 15) is 9.59 Å². The molecule has 29 heavy (non-hydrogen) atoms. The third kappa shape index (κ3) is 4.76. The summed E-state index contributed by atoms with van der Waals surface area (Å²) in [5, 5.41) is 5.49. The summed E-state index contributed by atoms with van der Waals surface area (Å²) in [4.78, 5) is 33.6. The molecule has 0 unspecified atom stereocenters. The fourth-order valence-corrected chi connectivity index (χ4v) is 5.35. The Morgan fingerprint density at radius 2 is 2.00 bits per heavy atom. The van der Waals surface area contributed by atoms with Crippen LogP contribution in [0.4, 0.5) is 5.13 Å². The summed E-state index contributed by atoms with van der Waals surface area (Å²) < 4.78 is 1.01. The van der Waals surface area contributed by atoms with Crippen molar-refractivity contribution in [3.63, 3.8) is 0 Å². The van der Waals surface area contributed by atoms with E-state index in [4.69, 9.17) is 0 Å². The molecule has 5 nitrogen and oxygen atoms in total. The summed E-state index contributed by atoms with van der Waals surface area (Å²) in [5.74, 6) is -0.148. The Labute approximate surface area is 185 Å². The second kappa shape index (κ2) is 8.77. The lowest BCUT2D eigenvalue weighted by molar-refractivity contribution is -0.133. The Morgan fingerprint density at radius 3 is 2.79 bits per heavy atom. The summed E-state index contributed by atoms with van der Waals surface area (Å²) in [6.07, 6.45) is 1.29. The molecule has 1 aromatic carbocycles. The summed E-state index contributed by atoms with van der Waals surface area (Å²) in [7, 11) is 0. The Kier molecular flexibility index (Phi) is 6.12. The number of nitrogens with one attached hydrogen (secondary N) is 1. The summed E-state index contributed by atoms with van der Waals surface area (Å²) in [5.41, 5.74) is 3.11. The molecule has 0 fully saturated rings. The minimum atomic E-state index is -0.178. The van der Waals surface area contributed by atoms with Crippen molar-refractivity contribution in [1.82, 2.24) is 9.88 Å². The number of amides is 2. The quantitative estimate of drug-likeness (QED) is 0.532. The van der Waals surface area contributed by atoms with Crippen LogP contribution in [0, 0.1) is 6.92 Å². The van der Waals surface area contributed by atoms with E-state index in [0.29, 0.717) is 11.7 Å². The number of fused-ring (bicyclic) bond motifs is 1. The van der Waals surface area contributed by atoms with Crippen LogP contribution < -0.4 is 5.32 Å². The molecule has 150 valence electrons. The Hall–Kier alpha value is -2.03. The van der Waals surface area contributed by atoms with E-state index >= 15 is 0 Å². The molecule has 1 aliphatic heterocycles. The number of hydrogen-bond donors (Lipinski definition) is 1. The number of aromatic nitrogens is 1. The number of thiophene rings is 1. The number of nitrogens with zero attached hydrogens (tertiary/aromatic N) is 2. The molecule has 0 saturated carbocycles. The number of carbonyl (C=O) groups is 2. The van der Waals surface area contributed by atoms with Crippen LogP contribution in [0.2, 0.25) is 0 Å². The van der Waals surface area contributed by atoms with Crippen molar-refractivity contribution in [2.75, 3.05) is 11.9 Å². The molecule has 0 aliphatic carbocycles. The molecule has 4 rings (SSSR count). The molecule has 0 saturated heterocycles. The van der Waals surface area contributed by atoms with Crippen LogP contribution in [0.25, 0.3) is 11.3 Å². The van der Waals surface area contributed by atoms with Crippen LogP contribution in [0.5, 0.6) is 0 Å². The topological polar surface area (TPSA) is 62.3 Å². The van der Waals surface area contributed by atoms with E-state index < -0.39 is 0 Å². The number of carbonyl (C=O) groups excluding carboxylic acids is 2. The van der Waals surface area contributed by atoms with Gasteiger partial charge in [-0.15, -0.1) is 22.7 Å². The maximum Gasteiger partial charge on any atom is 0.226 e. The van der Waals surface area contributed by atoms with E-state index in [0.717, 1.165) is 33.6 Å². The minimum absolute atomic E-state index is 0.0304. The molecule has 0 radical (unpaired) electrons. The van der Waals surface area contributed by atoms with E-state index in [-0.39, 0.29) is 24.7 Å². The summed E-state index contributed by atoms with van der Waals surface area (Å²) in [6, 6.07) is 10.0. The molecular formula is C21H20BrN3O2S2. The highest BCUT2D eigenvalue weighted by molar-refractivity contribution is 9.10. The molecule has 3 heterocycles. The molecule has 0 bridgehead atoms. The fraction of sp³-hybridized carbons (Fsp3) is 0.286. The van der Waals surface area contributed by atoms with E-state index in [2.05, 4.69) is 37.7 Å². The first-order chi connectivity index (χ1) is 14.0. The SMILES string of the molecule is Cc1sc(NC(=O)CCC(=O)N2CCc3sccc3C2)nc1-c1ccc(Br)cc1. The highest BCUT2D eigenvalue weighted by atomic mass is 79.9. The molecule has 0 atom stereocenters. The number of thiazole rings is 1. The second-order valence-electron chi connectivity index (χ2n) is 6.91. The molecule has 0 spiro atoms. The van der Waals surface area contributed by atoms with Gasteiger partial charge in [0, 0.05) is 45.7 Å². The van der Waals surface area contributed by atoms with Gasteiger partial charge in [-0.05, 0) is 42.5 Å². The zero-order chi connectivity index (χ0) is 20.4. The summed E-state index contributed by atoms with van der Waals surface area (Å²) >= 11 is 6.63. The first-order valence-corrected chi connectivity index (χ1v) is 11.8. The number of halogens is 1. The van der Waals surface area contributed by atoms with Gasteiger partial charge in [0.2, 0.25) is 11.8 Å². The van der Waals surface area contributed by atoms with Crippen molar-refractivity contribution in [2.45, 2.75) is 32.7 Å². The molecule has 2 aromatic heterocycles. The van der Waals surface area contributed by atoms with Crippen LogP contribution in [-0.2, 0) is 22.6 Å². The first kappa shape index (κ1) is 20.3. The van der Waals surface area contributed by atoms with Crippen molar-refractivity contribution in [3.05, 3.63) is 55.5 Å². The average molecular weight is 490 g/mol. The van der Waals surface area contributed by atoms with Gasteiger partial charge in [-0.2, -0.15) is 0 Å². The number of hydrogen-bond acceptors (Lipinski definition) is 5. The third-order valence-electron chi connectivity index (χ3n) is 4.89. The zero-order valence-electron chi connectivity index (χ0n) is 15.9. The Morgan fingerprint density at radius 1 is 1.21 bits per heavy atom. The first-order valence-electron chi connectivity index (χ1n) is 9.36. The lowest BCUT2D eigenvalue weighted by atomic mass is 10.1. The van der Waals surface area contributed by atoms with Crippen molar-refractivity contribution < 1.29 is 9.59 Å². The van der Waals surface area contributed by atoms with E-state index in [1.165, 1.54) is 21.8 Å². The van der Waals surface area contributed by atoms with Crippen LogP contribution in [-0.4, -0.2) is 28.2 Å². The van der Waals surface area contributed by atoms with Gasteiger partial charge in [0.25, 0.3) is 0 Å². The largest absolute Gasteiger partial charge is 0.338 e. The standard InChI is InChI=1S/C21H20BrN3O2S2/c1-13-20(14-2-4-16(22)5-3-14)24-21(29-13)23-18(26)6-7-19(27)25-10-8-17-15(12-25)9-11-28-17/h2-5,9,11H,6-8,10,12H2,1H3,(H,23,24,26). The highest BCUT2D eigenvalue weighted by Gasteiger charge is 2.22. The number of anilines is 1. The smallest absolute Gasteiger partial charge is 0.226 e. The van der Waals surface area contributed by atoms with Crippen LogP contribution in [0.1, 0.15) is 28.2 Å². The van der Waals surface area contributed by atoms with Crippen molar-refractivity contribution in [3.8, 4) is 11.3 Å². The second-order valence-corrected chi connectivity index (χ2v) is 10.0. The van der Waals surface area contributed by atoms with Crippen molar-refractivity contribution in [2.24, 2.45) is 0 Å². The third-order valence-corrected chi connectivity index (χ3v) is 7.32. The maximum atomic E-state index is 12.5. The van der Waals surface area contributed by atoms with Crippen LogP contribution in [0.15, 0.2) is 40.2 Å². The monoisotopic (exact) mass is 489 g/mol. The predicted octanol–water partition coefficient (Wildman–Crippen LogP) is 5.25. The summed E-state index contributed by atoms with van der Waals surface area (Å²) in [6.45, 7) is 3.38. The zero-order valence-corrected chi connectivity index (χ0v) is 19.1. The number of benzene rings is 1. The lowest BCUT2D eigenvalue weighted by Crippen LogP contribution is -2.35. The Balaban J connectivity index is 1.31. The minimum Gasteiger partial charge on any atom is -0.338 e. The molecule has 2 amide bonds. The normalized spacial score (nSPS) is 13.2. The maximum absolute atomic E-state index is 12.5. The molecule has 1 aliphatic rings. The van der Waals surface area contributed by atoms with Gasteiger partial charge in [-0.25, -0.2) is 4.98 Å².